The van der Waals surface area contributed by atoms with Crippen LogP contribution in [0.3, 0.4) is 0 Å². The van der Waals surface area contributed by atoms with E-state index in [1.807, 2.05) is 18.9 Å². The number of hydrogen-bond acceptors (Lipinski definition) is 6. The van der Waals surface area contributed by atoms with Gasteiger partial charge in [-0.25, -0.2) is 0 Å². The number of rotatable bonds is 8. The monoisotopic (exact) mass is 292 g/mol. The lowest BCUT2D eigenvalue weighted by molar-refractivity contribution is 0.0402. The quantitative estimate of drug-likeness (QED) is 0.784. The Balaban J connectivity index is 0.00000324. The van der Waals surface area contributed by atoms with Crippen LogP contribution >= 0.6 is 12.4 Å². The number of nitrogens with zero attached hydrogens (tertiary/aromatic N) is 3. The number of hydrogen-bond donors (Lipinski definition) is 1. The van der Waals surface area contributed by atoms with E-state index in [2.05, 4.69) is 24.0 Å². The van der Waals surface area contributed by atoms with Crippen LogP contribution in [0.1, 0.15) is 38.6 Å². The van der Waals surface area contributed by atoms with Gasteiger partial charge in [0.15, 0.2) is 5.82 Å². The van der Waals surface area contributed by atoms with E-state index in [1.54, 1.807) is 0 Å². The summed E-state index contributed by atoms with van der Waals surface area (Å²) in [7, 11) is 1.97. The first-order valence-electron chi connectivity index (χ1n) is 6.35. The molecule has 1 rings (SSSR count). The first kappa shape index (κ1) is 18.3. The molecule has 0 aliphatic rings. The number of ether oxygens (including phenoxy) is 1. The largest absolute Gasteiger partial charge is 0.370 e. The molecule has 6 nitrogen and oxygen atoms in total. The molecule has 0 radical (unpaired) electrons. The van der Waals surface area contributed by atoms with Crippen LogP contribution in [0.25, 0.3) is 0 Å². The maximum Gasteiger partial charge on any atom is 0.240 e. The van der Waals surface area contributed by atoms with E-state index in [0.717, 1.165) is 6.54 Å². The van der Waals surface area contributed by atoms with Crippen LogP contribution in [0.5, 0.6) is 0 Å². The first-order chi connectivity index (χ1) is 8.52. The van der Waals surface area contributed by atoms with Gasteiger partial charge in [0, 0.05) is 19.7 Å². The van der Waals surface area contributed by atoms with Gasteiger partial charge in [0.05, 0.1) is 6.54 Å². The second-order valence-corrected chi connectivity index (χ2v) is 4.94. The van der Waals surface area contributed by atoms with E-state index < -0.39 is 0 Å². The maximum absolute atomic E-state index is 5.64. The molecular weight excluding hydrogens is 268 g/mol. The molecule has 0 aromatic carbocycles. The third-order valence-corrected chi connectivity index (χ3v) is 2.44. The minimum Gasteiger partial charge on any atom is -0.370 e. The van der Waals surface area contributed by atoms with E-state index >= 15 is 0 Å². The Morgan fingerprint density at radius 3 is 2.63 bits per heavy atom. The van der Waals surface area contributed by atoms with Crippen LogP contribution in [0, 0.1) is 5.92 Å². The molecule has 19 heavy (non-hydrogen) atoms. The Kier molecular flexibility index (Phi) is 8.92. The van der Waals surface area contributed by atoms with Gasteiger partial charge in [0.1, 0.15) is 6.10 Å². The average molecular weight is 293 g/mol. The van der Waals surface area contributed by atoms with Crippen LogP contribution < -0.4 is 5.73 Å². The molecule has 0 aliphatic heterocycles. The van der Waals surface area contributed by atoms with E-state index in [9.17, 15) is 0 Å². The normalized spacial score (nSPS) is 12.8. The van der Waals surface area contributed by atoms with Gasteiger partial charge in [0.25, 0.3) is 0 Å². The molecule has 0 amide bonds. The molecule has 1 aromatic heterocycles. The lowest BCUT2D eigenvalue weighted by Gasteiger charge is -2.12. The van der Waals surface area contributed by atoms with Crippen molar-refractivity contribution in [3.05, 3.63) is 11.7 Å². The second-order valence-electron chi connectivity index (χ2n) is 4.94. The van der Waals surface area contributed by atoms with Gasteiger partial charge in [-0.1, -0.05) is 19.0 Å². The van der Waals surface area contributed by atoms with Crippen LogP contribution in [0.4, 0.5) is 0 Å². The predicted octanol–water partition coefficient (Wildman–Crippen LogP) is 1.62. The minimum absolute atomic E-state index is 0. The number of aromatic nitrogens is 2. The smallest absolute Gasteiger partial charge is 0.240 e. The van der Waals surface area contributed by atoms with E-state index in [4.69, 9.17) is 15.0 Å². The van der Waals surface area contributed by atoms with Gasteiger partial charge in [-0.15, -0.1) is 12.4 Å². The fourth-order valence-corrected chi connectivity index (χ4v) is 1.44. The van der Waals surface area contributed by atoms with Crippen LogP contribution in [-0.2, 0) is 11.3 Å². The molecule has 0 bridgehead atoms. The molecule has 1 heterocycles. The molecule has 1 aromatic rings. The Morgan fingerprint density at radius 1 is 1.37 bits per heavy atom. The molecule has 1 unspecified atom stereocenters. The highest BCUT2D eigenvalue weighted by Gasteiger charge is 2.15. The molecular formula is C12H25ClN4O2. The summed E-state index contributed by atoms with van der Waals surface area (Å²) in [4.78, 5) is 6.36. The van der Waals surface area contributed by atoms with E-state index in [0.29, 0.717) is 37.3 Å². The van der Waals surface area contributed by atoms with E-state index in [1.165, 1.54) is 0 Å². The van der Waals surface area contributed by atoms with Crippen molar-refractivity contribution in [2.45, 2.75) is 33.4 Å². The van der Waals surface area contributed by atoms with Crippen LogP contribution in [0.2, 0.25) is 0 Å². The van der Waals surface area contributed by atoms with Crippen LogP contribution in [-0.4, -0.2) is 41.8 Å². The van der Waals surface area contributed by atoms with Gasteiger partial charge in [-0.05, 0) is 19.9 Å². The maximum atomic E-state index is 5.64. The zero-order valence-electron chi connectivity index (χ0n) is 12.1. The fraction of sp³-hybridized carbons (Fsp3) is 0.833. The van der Waals surface area contributed by atoms with Gasteiger partial charge in [0.2, 0.25) is 5.89 Å². The molecule has 0 spiro atoms. The van der Waals surface area contributed by atoms with Gasteiger partial charge in [-0.3, -0.25) is 4.90 Å². The molecule has 7 heteroatoms. The second kappa shape index (κ2) is 9.25. The SMILES string of the molecule is CC(C)COC(C)c1noc(CN(C)CCN)n1.Cl. The van der Waals surface area contributed by atoms with Crippen LogP contribution in [0.15, 0.2) is 4.52 Å². The van der Waals surface area contributed by atoms with Gasteiger partial charge < -0.3 is 15.0 Å². The number of likely N-dealkylation sites (N-methyl/N-ethyl adjacent to an activating group) is 1. The topological polar surface area (TPSA) is 77.4 Å². The van der Waals surface area contributed by atoms with Crippen molar-refractivity contribution < 1.29 is 9.26 Å². The third kappa shape index (κ3) is 6.87. The molecule has 0 saturated heterocycles. The molecule has 0 saturated carbocycles. The summed E-state index contributed by atoms with van der Waals surface area (Å²) in [6.07, 6.45) is -0.135. The zero-order chi connectivity index (χ0) is 13.5. The predicted molar refractivity (Wildman–Crippen MR) is 76.1 cm³/mol. The van der Waals surface area contributed by atoms with Crippen molar-refractivity contribution in [2.75, 3.05) is 26.7 Å². The average Bonchev–Trinajstić information content (AvgIpc) is 2.74. The van der Waals surface area contributed by atoms with E-state index in [-0.39, 0.29) is 18.5 Å². The fourth-order valence-electron chi connectivity index (χ4n) is 1.44. The Labute approximate surface area is 121 Å². The summed E-state index contributed by atoms with van der Waals surface area (Å²) >= 11 is 0. The number of nitrogens with two attached hydrogens (primary N) is 1. The summed E-state index contributed by atoms with van der Waals surface area (Å²) in [6.45, 7) is 8.87. The third-order valence-electron chi connectivity index (χ3n) is 2.44. The van der Waals surface area contributed by atoms with Gasteiger partial charge >= 0.3 is 0 Å². The standard InChI is InChI=1S/C12H24N4O2.ClH/c1-9(2)8-17-10(3)12-14-11(18-15-12)7-16(4)6-5-13;/h9-10H,5-8,13H2,1-4H3;1H. The highest BCUT2D eigenvalue weighted by Crippen LogP contribution is 2.14. The van der Waals surface area contributed by atoms with Crippen molar-refractivity contribution in [1.82, 2.24) is 15.0 Å². The Bertz CT molecular complexity index is 346. The molecule has 0 fully saturated rings. The minimum atomic E-state index is -0.135. The molecule has 0 aliphatic carbocycles. The Hall–Kier alpha value is -0.690. The summed E-state index contributed by atoms with van der Waals surface area (Å²) in [6, 6.07) is 0. The summed E-state index contributed by atoms with van der Waals surface area (Å²) in [5.74, 6) is 1.70. The molecule has 1 atom stereocenters. The van der Waals surface area contributed by atoms with Crippen molar-refractivity contribution in [1.29, 1.82) is 0 Å². The summed E-state index contributed by atoms with van der Waals surface area (Å²) in [5, 5.41) is 3.94. The highest BCUT2D eigenvalue weighted by atomic mass is 35.5. The summed E-state index contributed by atoms with van der Waals surface area (Å²) < 4.78 is 10.8. The zero-order valence-corrected chi connectivity index (χ0v) is 12.9. The first-order valence-corrected chi connectivity index (χ1v) is 6.35. The number of halogens is 1. The molecule has 112 valence electrons. The van der Waals surface area contributed by atoms with Crippen molar-refractivity contribution in [3.8, 4) is 0 Å². The molecule has 2 N–H and O–H groups in total. The highest BCUT2D eigenvalue weighted by molar-refractivity contribution is 5.85. The van der Waals surface area contributed by atoms with Crippen molar-refractivity contribution >= 4 is 12.4 Å². The lowest BCUT2D eigenvalue weighted by atomic mass is 10.2. The lowest BCUT2D eigenvalue weighted by Crippen LogP contribution is -2.25. The summed E-state index contributed by atoms with van der Waals surface area (Å²) in [5.41, 5.74) is 5.48. The van der Waals surface area contributed by atoms with Gasteiger partial charge in [-0.2, -0.15) is 4.98 Å². The Morgan fingerprint density at radius 2 is 2.05 bits per heavy atom. The van der Waals surface area contributed by atoms with Crippen molar-refractivity contribution in [3.63, 3.8) is 0 Å². The van der Waals surface area contributed by atoms with Crippen molar-refractivity contribution in [2.24, 2.45) is 11.7 Å².